The summed E-state index contributed by atoms with van der Waals surface area (Å²) in [5.74, 6) is 0. The number of hydrogen-bond donors (Lipinski definition) is 5. The molecule has 0 aliphatic rings. The molecule has 0 heterocycles. The lowest BCUT2D eigenvalue weighted by Gasteiger charge is -2.40. The van der Waals surface area contributed by atoms with Gasteiger partial charge in [-0.15, -0.1) is 0 Å². The topological polar surface area (TPSA) is 158 Å². The van der Waals surface area contributed by atoms with Gasteiger partial charge in [0.2, 0.25) is 0 Å². The average molecular weight is 251 g/mol. The van der Waals surface area contributed by atoms with Crippen molar-refractivity contribution in [2.24, 2.45) is 0 Å². The highest BCUT2D eigenvalue weighted by Crippen LogP contribution is 2.65. The van der Waals surface area contributed by atoms with Crippen molar-refractivity contribution in [1.82, 2.24) is 0 Å². The Hall–Kier alpha value is 0.180. The maximum atomic E-state index is 11.2. The highest BCUT2D eigenvalue weighted by Gasteiger charge is 2.53. The van der Waals surface area contributed by atoms with Gasteiger partial charge in [-0.3, -0.25) is 19.6 Å². The van der Waals surface area contributed by atoms with E-state index in [4.69, 9.17) is 24.7 Å². The van der Waals surface area contributed by atoms with Gasteiger partial charge in [0.1, 0.15) is 12.6 Å². The molecule has 0 aromatic rings. The predicted octanol–water partition coefficient (Wildman–Crippen LogP) is -1.13. The molecule has 0 aliphatic heterocycles. The van der Waals surface area contributed by atoms with Crippen molar-refractivity contribution in [3.8, 4) is 0 Å². The fourth-order valence-corrected chi connectivity index (χ4v) is 2.82. The Morgan fingerprint density at radius 2 is 1.50 bits per heavy atom. The molecule has 86 valence electrons. The van der Waals surface area contributed by atoms with Crippen LogP contribution in [0.3, 0.4) is 0 Å². The Morgan fingerprint density at radius 3 is 1.57 bits per heavy atom. The monoisotopic (exact) mass is 251 g/mol. The van der Waals surface area contributed by atoms with E-state index in [9.17, 15) is 14.3 Å². The molecule has 9 nitrogen and oxygen atoms in total. The van der Waals surface area contributed by atoms with Gasteiger partial charge in [-0.25, -0.2) is 9.13 Å². The van der Waals surface area contributed by atoms with Crippen LogP contribution in [0.4, 0.5) is 0 Å². The smallest absolute Gasteiger partial charge is 0.533 e. The minimum Gasteiger partial charge on any atom is -0.620 e. The van der Waals surface area contributed by atoms with Crippen LogP contribution in [-0.4, -0.2) is 41.5 Å². The highest BCUT2D eigenvalue weighted by molar-refractivity contribution is 7.58. The van der Waals surface area contributed by atoms with E-state index in [0.717, 1.165) is 6.92 Å². The zero-order valence-electron chi connectivity index (χ0n) is 7.09. The van der Waals surface area contributed by atoms with Gasteiger partial charge in [0, 0.05) is 0 Å². The lowest BCUT2D eigenvalue weighted by atomic mass is 10.4. The first-order valence-electron chi connectivity index (χ1n) is 3.31. The lowest BCUT2D eigenvalue weighted by Crippen LogP contribution is -2.40. The Balaban J connectivity index is 5.30. The van der Waals surface area contributed by atoms with Crippen molar-refractivity contribution in [2.75, 3.05) is 6.54 Å². The molecule has 1 unspecified atom stereocenters. The van der Waals surface area contributed by atoms with Crippen LogP contribution >= 0.6 is 15.5 Å². The fraction of sp³-hybridized carbons (Fsp3) is 1.00. The first-order valence-corrected chi connectivity index (χ1v) is 6.44. The predicted molar refractivity (Wildman–Crippen MR) is 44.3 cm³/mol. The van der Waals surface area contributed by atoms with E-state index in [1.54, 1.807) is 0 Å². The van der Waals surface area contributed by atoms with Crippen LogP contribution in [-0.2, 0) is 9.13 Å². The van der Waals surface area contributed by atoms with Gasteiger partial charge < -0.3 is 10.3 Å². The van der Waals surface area contributed by atoms with Crippen LogP contribution in [0, 0.1) is 5.21 Å². The number of aliphatic hydroxyl groups is 1. The Labute approximate surface area is 79.2 Å². The van der Waals surface area contributed by atoms with Gasteiger partial charge in [0.15, 0.2) is 0 Å². The maximum Gasteiger partial charge on any atom is 0.533 e. The molecule has 0 radical (unpaired) electrons. The molecule has 11 heteroatoms. The van der Waals surface area contributed by atoms with E-state index >= 15 is 0 Å². The molecular weight excluding hydrogens is 240 g/mol. The van der Waals surface area contributed by atoms with E-state index in [-0.39, 0.29) is 0 Å². The van der Waals surface area contributed by atoms with Crippen molar-refractivity contribution < 1.29 is 38.0 Å². The fourth-order valence-electron chi connectivity index (χ4n) is 0.709. The van der Waals surface area contributed by atoms with Crippen LogP contribution < -0.4 is 0 Å². The van der Waals surface area contributed by atoms with Crippen LogP contribution in [0.2, 0.25) is 0 Å². The van der Waals surface area contributed by atoms with Crippen LogP contribution in [0.5, 0.6) is 0 Å². The van der Waals surface area contributed by atoms with E-state index < -0.39 is 32.3 Å². The number of quaternary nitrogens is 1. The second-order valence-electron chi connectivity index (χ2n) is 2.72. The summed E-state index contributed by atoms with van der Waals surface area (Å²) < 4.78 is 18.1. The van der Waals surface area contributed by atoms with Crippen LogP contribution in [0.15, 0.2) is 0 Å². The maximum absolute atomic E-state index is 11.2. The summed E-state index contributed by atoms with van der Waals surface area (Å²) in [6.45, 7) is -0.301. The van der Waals surface area contributed by atoms with Crippen LogP contribution in [0.1, 0.15) is 6.92 Å². The third-order valence-corrected chi connectivity index (χ3v) is 4.67. The summed E-state index contributed by atoms with van der Waals surface area (Å²) in [4.78, 5) is 34.0. The van der Waals surface area contributed by atoms with Gasteiger partial charge in [-0.2, -0.15) is 4.19 Å². The molecule has 0 saturated carbocycles. The summed E-state index contributed by atoms with van der Waals surface area (Å²) in [5, 5.41) is 19.9. The highest BCUT2D eigenvalue weighted by atomic mass is 31.3. The van der Waals surface area contributed by atoms with E-state index in [1.165, 1.54) is 0 Å². The molecule has 0 spiro atoms. The number of hydrogen-bond acceptors (Lipinski definition) is 4. The molecule has 0 amide bonds. The number of hydroxylamine groups is 1. The zero-order valence-corrected chi connectivity index (χ0v) is 8.88. The summed E-state index contributed by atoms with van der Waals surface area (Å²) in [5.41, 5.74) is 0. The van der Waals surface area contributed by atoms with Gasteiger partial charge >= 0.3 is 15.5 Å². The third-order valence-electron chi connectivity index (χ3n) is 1.32. The summed E-state index contributed by atoms with van der Waals surface area (Å²) in [7, 11) is -11.2. The van der Waals surface area contributed by atoms with Crippen molar-refractivity contribution >= 4 is 15.5 Å². The van der Waals surface area contributed by atoms with Crippen LogP contribution in [0.25, 0.3) is 0 Å². The number of rotatable bonds is 4. The van der Waals surface area contributed by atoms with Gasteiger partial charge in [-0.05, 0) is 6.92 Å². The lowest BCUT2D eigenvalue weighted by molar-refractivity contribution is -0.661. The molecule has 0 aromatic carbocycles. The largest absolute Gasteiger partial charge is 0.620 e. The Kier molecular flexibility index (Phi) is 4.03. The first kappa shape index (κ1) is 14.2. The quantitative estimate of drug-likeness (QED) is 0.310. The normalized spacial score (nSPS) is 16.8. The number of nitrogens with zero attached hydrogens (tertiary/aromatic N) is 1. The average Bonchev–Trinajstić information content (AvgIpc) is 1.79. The van der Waals surface area contributed by atoms with Gasteiger partial charge in [0.25, 0.3) is 0 Å². The Morgan fingerprint density at radius 1 is 1.21 bits per heavy atom. The minimum atomic E-state index is -5.60. The van der Waals surface area contributed by atoms with E-state index in [1.807, 2.05) is 0 Å². The van der Waals surface area contributed by atoms with Crippen molar-refractivity contribution in [3.63, 3.8) is 0 Å². The van der Waals surface area contributed by atoms with E-state index in [0.29, 0.717) is 0 Å². The van der Waals surface area contributed by atoms with E-state index in [2.05, 4.69) is 0 Å². The third kappa shape index (κ3) is 2.83. The molecule has 5 N–H and O–H groups in total. The molecule has 0 rings (SSSR count). The molecule has 0 fully saturated rings. The molecule has 1 atom stereocenters. The van der Waals surface area contributed by atoms with Gasteiger partial charge in [-0.1, -0.05) is 0 Å². The molecular formula is C3H11NO8P2. The van der Waals surface area contributed by atoms with Gasteiger partial charge in [0.05, 0.1) is 0 Å². The minimum absolute atomic E-state index is 0.982. The summed E-state index contributed by atoms with van der Waals surface area (Å²) in [6, 6.07) is 0. The Bertz CT molecular complexity index is 267. The van der Waals surface area contributed by atoms with Crippen molar-refractivity contribution in [3.05, 3.63) is 5.21 Å². The van der Waals surface area contributed by atoms with Crippen molar-refractivity contribution in [2.45, 2.75) is 13.0 Å². The standard InChI is InChI=1S/C3H11NO8P2/c1-3(5)2-4(6,13(7,8)9)14(10,11)12/h3,5H,2H2,1H3,(H2,7,8,9)(H2,10,11,12). The molecule has 0 aliphatic carbocycles. The SMILES string of the molecule is CC(O)C[N+]([O-])(P(=O)(O)O)P(=O)(O)O. The first-order chi connectivity index (χ1) is 5.92. The summed E-state index contributed by atoms with van der Waals surface area (Å²) >= 11 is 0. The molecule has 14 heavy (non-hydrogen) atoms. The molecule has 0 bridgehead atoms. The van der Waals surface area contributed by atoms with Crippen molar-refractivity contribution in [1.29, 1.82) is 0 Å². The summed E-state index contributed by atoms with van der Waals surface area (Å²) in [6.07, 6.45) is -1.55. The second kappa shape index (κ2) is 3.97. The molecule has 0 aromatic heterocycles. The molecule has 0 saturated heterocycles. The second-order valence-corrected chi connectivity index (χ2v) is 6.38. The zero-order chi connectivity index (χ0) is 11.8. The number of aliphatic hydroxyl groups excluding tert-OH is 1.